The molecule has 1 saturated heterocycles. The number of amides is 1. The van der Waals surface area contributed by atoms with Gasteiger partial charge < -0.3 is 10.1 Å². The molecule has 2 aromatic rings. The van der Waals surface area contributed by atoms with Crippen molar-refractivity contribution in [3.05, 3.63) is 51.5 Å². The maximum absolute atomic E-state index is 12.3. The number of hydrogen-bond acceptors (Lipinski definition) is 5. The molecule has 6 heteroatoms. The summed E-state index contributed by atoms with van der Waals surface area (Å²) in [5.74, 6) is -0.0524. The molecule has 1 aliphatic heterocycles. The Morgan fingerprint density at radius 2 is 1.96 bits per heavy atom. The van der Waals surface area contributed by atoms with E-state index in [1.807, 2.05) is 13.0 Å². The van der Waals surface area contributed by atoms with Gasteiger partial charge in [-0.3, -0.25) is 9.69 Å². The van der Waals surface area contributed by atoms with Gasteiger partial charge in [0.15, 0.2) is 0 Å². The second-order valence-electron chi connectivity index (χ2n) is 6.67. The fraction of sp³-hybridized carbons (Fsp3) is 0.474. The summed E-state index contributed by atoms with van der Waals surface area (Å²) in [7, 11) is 0. The number of ether oxygens (including phenoxy) is 1. The Balaban J connectivity index is 1.65. The van der Waals surface area contributed by atoms with Crippen molar-refractivity contribution in [2.75, 3.05) is 13.1 Å². The van der Waals surface area contributed by atoms with E-state index in [1.165, 1.54) is 16.9 Å². The smallest absolute Gasteiger partial charge is 0.263 e. The minimum atomic E-state index is -0.0524. The first-order valence-corrected chi connectivity index (χ1v) is 9.53. The fourth-order valence-corrected chi connectivity index (χ4v) is 4.03. The van der Waals surface area contributed by atoms with Gasteiger partial charge in [0.2, 0.25) is 0 Å². The van der Waals surface area contributed by atoms with E-state index in [4.69, 9.17) is 4.74 Å². The Hall–Kier alpha value is -1.76. The lowest BCUT2D eigenvalue weighted by Gasteiger charge is -2.35. The number of benzene rings is 1. The quantitative estimate of drug-likeness (QED) is 0.892. The van der Waals surface area contributed by atoms with Gasteiger partial charge >= 0.3 is 0 Å². The molecule has 1 fully saturated rings. The van der Waals surface area contributed by atoms with Crippen LogP contribution in [-0.4, -0.2) is 41.1 Å². The number of aryl methyl sites for hydroxylation is 1. The molecule has 2 atom stereocenters. The van der Waals surface area contributed by atoms with E-state index in [1.54, 1.807) is 5.51 Å². The molecule has 0 spiro atoms. The number of morpholine rings is 1. The third-order valence-electron chi connectivity index (χ3n) is 4.40. The molecule has 5 nitrogen and oxygen atoms in total. The van der Waals surface area contributed by atoms with Crippen molar-refractivity contribution in [3.8, 4) is 0 Å². The van der Waals surface area contributed by atoms with Crippen LogP contribution in [0.2, 0.25) is 0 Å². The van der Waals surface area contributed by atoms with E-state index in [0.717, 1.165) is 30.9 Å². The standard InChI is InChI=1S/C19H25N3O2S/c1-13-9-22(10-14(2)24-13)11-17-7-5-4-6-16(17)8-20-19(23)18-15(3)21-12-25-18/h4-7,12-14H,8-11H2,1-3H3,(H,20,23)/t13-,14-/m0/s1. The van der Waals surface area contributed by atoms with Crippen LogP contribution >= 0.6 is 11.3 Å². The Bertz CT molecular complexity index is 721. The number of nitrogens with zero attached hydrogens (tertiary/aromatic N) is 2. The van der Waals surface area contributed by atoms with Gasteiger partial charge in [-0.05, 0) is 31.9 Å². The number of rotatable bonds is 5. The van der Waals surface area contributed by atoms with Crippen LogP contribution in [0.25, 0.3) is 0 Å². The van der Waals surface area contributed by atoms with Crippen LogP contribution in [0.4, 0.5) is 0 Å². The first kappa shape index (κ1) is 18.0. The highest BCUT2D eigenvalue weighted by molar-refractivity contribution is 7.11. The Morgan fingerprint density at radius 3 is 2.60 bits per heavy atom. The van der Waals surface area contributed by atoms with Crippen LogP contribution in [0.1, 0.15) is 40.3 Å². The number of hydrogen-bond donors (Lipinski definition) is 1. The molecule has 3 rings (SSSR count). The number of nitrogens with one attached hydrogen (secondary N) is 1. The normalized spacial score (nSPS) is 21.2. The SMILES string of the molecule is Cc1ncsc1C(=O)NCc1ccccc1CN1C[C@H](C)O[C@@H](C)C1. The van der Waals surface area contributed by atoms with Gasteiger partial charge in [-0.1, -0.05) is 24.3 Å². The Kier molecular flexibility index (Phi) is 5.83. The third-order valence-corrected chi connectivity index (χ3v) is 5.33. The molecule has 1 aliphatic rings. The molecule has 0 aliphatic carbocycles. The summed E-state index contributed by atoms with van der Waals surface area (Å²) >= 11 is 1.38. The zero-order valence-electron chi connectivity index (χ0n) is 15.0. The largest absolute Gasteiger partial charge is 0.373 e. The predicted octanol–water partition coefficient (Wildman–Crippen LogP) is 2.99. The lowest BCUT2D eigenvalue weighted by atomic mass is 10.1. The lowest BCUT2D eigenvalue weighted by molar-refractivity contribution is -0.0705. The van der Waals surface area contributed by atoms with Crippen LogP contribution < -0.4 is 5.32 Å². The van der Waals surface area contributed by atoms with E-state index < -0.39 is 0 Å². The number of thiazole rings is 1. The third kappa shape index (κ3) is 4.66. The molecule has 0 saturated carbocycles. The molecule has 2 heterocycles. The van der Waals surface area contributed by atoms with Crippen LogP contribution in [0.3, 0.4) is 0 Å². The molecule has 134 valence electrons. The Morgan fingerprint density at radius 1 is 1.28 bits per heavy atom. The van der Waals surface area contributed by atoms with E-state index in [-0.39, 0.29) is 18.1 Å². The maximum Gasteiger partial charge on any atom is 0.263 e. The van der Waals surface area contributed by atoms with Crippen molar-refractivity contribution in [2.45, 2.75) is 46.1 Å². The van der Waals surface area contributed by atoms with E-state index in [0.29, 0.717) is 11.4 Å². The first-order valence-electron chi connectivity index (χ1n) is 8.66. The van der Waals surface area contributed by atoms with Crippen molar-refractivity contribution in [2.24, 2.45) is 0 Å². The average molecular weight is 359 g/mol. The zero-order valence-corrected chi connectivity index (χ0v) is 15.8. The van der Waals surface area contributed by atoms with Gasteiger partial charge in [-0.2, -0.15) is 0 Å². The second kappa shape index (κ2) is 8.08. The summed E-state index contributed by atoms with van der Waals surface area (Å²) in [5.41, 5.74) is 4.90. The van der Waals surface area contributed by atoms with Gasteiger partial charge in [0.25, 0.3) is 5.91 Å². The second-order valence-corrected chi connectivity index (χ2v) is 7.52. The van der Waals surface area contributed by atoms with E-state index in [2.05, 4.69) is 47.2 Å². The molecule has 1 aromatic heterocycles. The first-order chi connectivity index (χ1) is 12.0. The highest BCUT2D eigenvalue weighted by atomic mass is 32.1. The van der Waals surface area contributed by atoms with Crippen molar-refractivity contribution in [1.82, 2.24) is 15.2 Å². The number of carbonyl (C=O) groups excluding carboxylic acids is 1. The van der Waals surface area contributed by atoms with Gasteiger partial charge in [0, 0.05) is 26.2 Å². The van der Waals surface area contributed by atoms with Crippen molar-refractivity contribution in [1.29, 1.82) is 0 Å². The number of aromatic nitrogens is 1. The molecule has 25 heavy (non-hydrogen) atoms. The molecular formula is C19H25N3O2S. The summed E-state index contributed by atoms with van der Waals surface area (Å²) < 4.78 is 5.81. The highest BCUT2D eigenvalue weighted by Gasteiger charge is 2.22. The molecule has 0 bridgehead atoms. The van der Waals surface area contributed by atoms with Crippen molar-refractivity contribution in [3.63, 3.8) is 0 Å². The monoisotopic (exact) mass is 359 g/mol. The highest BCUT2D eigenvalue weighted by Crippen LogP contribution is 2.17. The number of carbonyl (C=O) groups is 1. The predicted molar refractivity (Wildman–Crippen MR) is 99.7 cm³/mol. The van der Waals surface area contributed by atoms with Gasteiger partial charge in [-0.15, -0.1) is 11.3 Å². The van der Waals surface area contributed by atoms with Gasteiger partial charge in [-0.25, -0.2) is 4.98 Å². The van der Waals surface area contributed by atoms with Gasteiger partial charge in [0.05, 0.1) is 23.4 Å². The summed E-state index contributed by atoms with van der Waals surface area (Å²) in [6.45, 7) is 9.38. The summed E-state index contributed by atoms with van der Waals surface area (Å²) in [6.07, 6.45) is 0.509. The van der Waals surface area contributed by atoms with E-state index in [9.17, 15) is 4.79 Å². The molecule has 1 aromatic carbocycles. The van der Waals surface area contributed by atoms with Crippen molar-refractivity contribution >= 4 is 17.2 Å². The summed E-state index contributed by atoms with van der Waals surface area (Å²) in [5, 5.41) is 3.03. The average Bonchev–Trinajstić information content (AvgIpc) is 2.99. The maximum atomic E-state index is 12.3. The fourth-order valence-electron chi connectivity index (χ4n) is 3.31. The van der Waals surface area contributed by atoms with E-state index >= 15 is 0 Å². The zero-order chi connectivity index (χ0) is 17.8. The Labute approximate surface area is 153 Å². The van der Waals surface area contributed by atoms with Crippen LogP contribution in [0, 0.1) is 6.92 Å². The molecule has 1 N–H and O–H groups in total. The lowest BCUT2D eigenvalue weighted by Crippen LogP contribution is -2.45. The van der Waals surface area contributed by atoms with Crippen molar-refractivity contribution < 1.29 is 9.53 Å². The topological polar surface area (TPSA) is 54.5 Å². The molecule has 0 radical (unpaired) electrons. The molecule has 0 unspecified atom stereocenters. The molecule has 1 amide bonds. The minimum absolute atomic E-state index is 0.0524. The van der Waals surface area contributed by atoms with Crippen LogP contribution in [0.15, 0.2) is 29.8 Å². The summed E-state index contributed by atoms with van der Waals surface area (Å²) in [4.78, 5) is 19.6. The van der Waals surface area contributed by atoms with Crippen LogP contribution in [0.5, 0.6) is 0 Å². The summed E-state index contributed by atoms with van der Waals surface area (Å²) in [6, 6.07) is 8.31. The minimum Gasteiger partial charge on any atom is -0.373 e. The van der Waals surface area contributed by atoms with Crippen LogP contribution in [-0.2, 0) is 17.8 Å². The molecular weight excluding hydrogens is 334 g/mol. The van der Waals surface area contributed by atoms with Gasteiger partial charge in [0.1, 0.15) is 4.88 Å².